The minimum atomic E-state index is -0.241. The van der Waals surface area contributed by atoms with Crippen LogP contribution in [0.15, 0.2) is 36.5 Å². The molecule has 0 aromatic heterocycles. The van der Waals surface area contributed by atoms with Crippen LogP contribution in [0.4, 0.5) is 0 Å². The van der Waals surface area contributed by atoms with Crippen LogP contribution in [0.3, 0.4) is 0 Å². The number of alkyl halides is 2. The van der Waals surface area contributed by atoms with Gasteiger partial charge < -0.3 is 0 Å². The number of hydrogen-bond acceptors (Lipinski definition) is 0. The van der Waals surface area contributed by atoms with Gasteiger partial charge in [0.25, 0.3) is 0 Å². The molecular formula is C28H48BaCl2. The Morgan fingerprint density at radius 1 is 0.516 bits per heavy atom. The van der Waals surface area contributed by atoms with Gasteiger partial charge >= 0.3 is 48.9 Å². The van der Waals surface area contributed by atoms with Gasteiger partial charge in [-0.3, -0.25) is 12.2 Å². The van der Waals surface area contributed by atoms with E-state index in [1.807, 2.05) is 24.3 Å². The predicted molar refractivity (Wildman–Crippen MR) is 146 cm³/mol. The van der Waals surface area contributed by atoms with Crippen molar-refractivity contribution in [1.82, 2.24) is 0 Å². The smallest absolute Gasteiger partial charge is 0.273 e. The van der Waals surface area contributed by atoms with E-state index in [-0.39, 0.29) is 58.6 Å². The molecule has 0 amide bonds. The minimum absolute atomic E-state index is 0. The fraction of sp³-hybridized carbons (Fsp3) is 0.714. The van der Waals surface area contributed by atoms with Crippen molar-refractivity contribution >= 4 is 72.1 Å². The van der Waals surface area contributed by atoms with Crippen LogP contribution in [0, 0.1) is 47.7 Å². The Balaban J connectivity index is -0.000000490. The molecule has 31 heavy (non-hydrogen) atoms. The van der Waals surface area contributed by atoms with Crippen molar-refractivity contribution in [3.63, 3.8) is 0 Å². The Hall–Kier alpha value is 1.11. The topological polar surface area (TPSA) is 0 Å². The van der Waals surface area contributed by atoms with Crippen molar-refractivity contribution in [2.24, 2.45) is 35.5 Å². The number of rotatable bonds is 10. The standard InChI is InChI=1S/2C14H24Cl.Ba/c2*1-11(2)9-7-8-10-14(15,12(3)4)13(5)6;/h2*7-8,10-13H,1-6H3;/q2*-1;+2. The molecule has 0 atom stereocenters. The van der Waals surface area contributed by atoms with Crippen molar-refractivity contribution in [2.75, 3.05) is 0 Å². The van der Waals surface area contributed by atoms with Gasteiger partial charge in [0.2, 0.25) is 0 Å². The largest absolute Gasteiger partial charge is 2.00 e. The summed E-state index contributed by atoms with van der Waals surface area (Å²) in [6, 6.07) is 0. The molecule has 0 saturated carbocycles. The van der Waals surface area contributed by atoms with E-state index in [1.54, 1.807) is 0 Å². The first-order chi connectivity index (χ1) is 13.6. The van der Waals surface area contributed by atoms with Crippen LogP contribution in [-0.2, 0) is 0 Å². The van der Waals surface area contributed by atoms with Crippen molar-refractivity contribution in [2.45, 2.75) is 92.8 Å². The van der Waals surface area contributed by atoms with Crippen LogP contribution in [0.5, 0.6) is 0 Å². The molecule has 0 aliphatic carbocycles. The zero-order chi connectivity index (χ0) is 24.1. The van der Waals surface area contributed by atoms with Gasteiger partial charge in [0.1, 0.15) is 0 Å². The quantitative estimate of drug-likeness (QED) is 0.103. The van der Waals surface area contributed by atoms with E-state index in [9.17, 15) is 0 Å². The van der Waals surface area contributed by atoms with Crippen LogP contribution in [0.25, 0.3) is 0 Å². The molecular weight excluding hydrogens is 545 g/mol. The molecule has 3 heteroatoms. The van der Waals surface area contributed by atoms with Crippen molar-refractivity contribution in [1.29, 1.82) is 0 Å². The summed E-state index contributed by atoms with van der Waals surface area (Å²) < 4.78 is 0. The monoisotopic (exact) mass is 592 g/mol. The number of halogens is 2. The van der Waals surface area contributed by atoms with E-state index in [0.29, 0.717) is 35.5 Å². The second kappa shape index (κ2) is 18.4. The zero-order valence-corrected chi connectivity index (χ0v) is 28.3. The normalized spacial score (nSPS) is 13.8. The van der Waals surface area contributed by atoms with E-state index in [4.69, 9.17) is 23.2 Å². The van der Waals surface area contributed by atoms with Crippen LogP contribution in [0.1, 0.15) is 83.1 Å². The molecule has 0 heterocycles. The Morgan fingerprint density at radius 2 is 0.742 bits per heavy atom. The maximum Gasteiger partial charge on any atom is 2.00 e. The van der Waals surface area contributed by atoms with Gasteiger partial charge in [0.15, 0.2) is 0 Å². The SMILES string of the molecule is CC(C)[C-]=CC=CC(Cl)(C(C)C)C(C)C.CC(C)[C-]=CC=CC(Cl)(C(C)C)C(C)C.[Ba+2]. The number of hydrogen-bond donors (Lipinski definition) is 0. The van der Waals surface area contributed by atoms with Crippen LogP contribution in [0.2, 0.25) is 0 Å². The number of allylic oxidation sites excluding steroid dienone is 8. The molecule has 0 aliphatic rings. The summed E-state index contributed by atoms with van der Waals surface area (Å²) in [5.41, 5.74) is 0. The molecule has 0 bridgehead atoms. The molecule has 0 aliphatic heterocycles. The van der Waals surface area contributed by atoms with Gasteiger partial charge in [-0.1, -0.05) is 83.1 Å². The molecule has 0 radical (unpaired) electrons. The summed E-state index contributed by atoms with van der Waals surface area (Å²) in [7, 11) is 0. The molecule has 0 aromatic rings. The Labute approximate surface area is 246 Å². The first-order valence-electron chi connectivity index (χ1n) is 11.5. The van der Waals surface area contributed by atoms with E-state index < -0.39 is 0 Å². The van der Waals surface area contributed by atoms with Gasteiger partial charge in [-0.15, -0.1) is 47.2 Å². The molecule has 176 valence electrons. The fourth-order valence-electron chi connectivity index (χ4n) is 2.99. The van der Waals surface area contributed by atoms with Gasteiger partial charge in [-0.25, -0.2) is 24.3 Å². The maximum absolute atomic E-state index is 6.59. The summed E-state index contributed by atoms with van der Waals surface area (Å²) in [6.45, 7) is 25.7. The minimum Gasteiger partial charge on any atom is -0.273 e. The molecule has 0 aromatic carbocycles. The third-order valence-electron chi connectivity index (χ3n) is 5.29. The van der Waals surface area contributed by atoms with E-state index in [2.05, 4.69) is 107 Å². The van der Waals surface area contributed by atoms with Crippen molar-refractivity contribution in [3.8, 4) is 0 Å². The van der Waals surface area contributed by atoms with E-state index in [0.717, 1.165) is 0 Å². The first-order valence-corrected chi connectivity index (χ1v) is 12.3. The van der Waals surface area contributed by atoms with Crippen LogP contribution < -0.4 is 0 Å². The van der Waals surface area contributed by atoms with Crippen LogP contribution >= 0.6 is 23.2 Å². The zero-order valence-electron chi connectivity index (χ0n) is 22.4. The first kappa shape index (κ1) is 36.7. The third-order valence-corrected chi connectivity index (χ3v) is 7.29. The molecule has 0 spiro atoms. The second-order valence-electron chi connectivity index (χ2n) is 9.97. The Bertz CT molecular complexity index is 483. The van der Waals surface area contributed by atoms with E-state index >= 15 is 0 Å². The average Bonchev–Trinajstić information content (AvgIpc) is 2.61. The molecule has 0 N–H and O–H groups in total. The summed E-state index contributed by atoms with van der Waals surface area (Å²) in [5.74, 6) is 2.67. The average molecular weight is 593 g/mol. The maximum atomic E-state index is 6.59. The van der Waals surface area contributed by atoms with Crippen molar-refractivity contribution in [3.05, 3.63) is 48.6 Å². The van der Waals surface area contributed by atoms with Gasteiger partial charge in [-0.2, -0.15) is 0 Å². The molecule has 0 rings (SSSR count). The molecule has 0 fully saturated rings. The van der Waals surface area contributed by atoms with Crippen molar-refractivity contribution < 1.29 is 0 Å². The second-order valence-corrected chi connectivity index (χ2v) is 11.3. The summed E-state index contributed by atoms with van der Waals surface area (Å²) in [5, 5.41) is 0. The van der Waals surface area contributed by atoms with Gasteiger partial charge in [0.05, 0.1) is 9.75 Å². The fourth-order valence-corrected chi connectivity index (χ4v) is 3.14. The summed E-state index contributed by atoms with van der Waals surface area (Å²) in [6.07, 6.45) is 18.6. The molecule has 0 saturated heterocycles. The predicted octanol–water partition coefficient (Wildman–Crippen LogP) is 9.31. The molecule has 0 unspecified atom stereocenters. The van der Waals surface area contributed by atoms with Gasteiger partial charge in [-0.05, 0) is 23.7 Å². The summed E-state index contributed by atoms with van der Waals surface area (Å²) in [4.78, 5) is -0.482. The van der Waals surface area contributed by atoms with Gasteiger partial charge in [0, 0.05) is 0 Å². The Morgan fingerprint density at radius 3 is 0.903 bits per heavy atom. The van der Waals surface area contributed by atoms with Crippen LogP contribution in [-0.4, -0.2) is 58.6 Å². The van der Waals surface area contributed by atoms with E-state index in [1.165, 1.54) is 0 Å². The third kappa shape index (κ3) is 15.6. The summed E-state index contributed by atoms with van der Waals surface area (Å²) >= 11 is 13.2. The Kier molecular flexibility index (Phi) is 21.8. The molecule has 0 nitrogen and oxygen atoms in total.